The van der Waals surface area contributed by atoms with Crippen LogP contribution < -0.4 is 0 Å². The number of rotatable bonds is 6. The Morgan fingerprint density at radius 3 is 2.74 bits per heavy atom. The molecule has 1 aromatic rings. The van der Waals surface area contributed by atoms with Crippen molar-refractivity contribution in [2.45, 2.75) is 37.5 Å². The molecular weight excluding hydrogens is 330 g/mol. The molecule has 3 aliphatic rings. The molecule has 6 heteroatoms. The third kappa shape index (κ3) is 2.88. The van der Waals surface area contributed by atoms with Crippen LogP contribution >= 0.6 is 11.3 Å². The number of sulfone groups is 1. The second-order valence-electron chi connectivity index (χ2n) is 7.52. The third-order valence-electron chi connectivity index (χ3n) is 5.79. The molecule has 1 aliphatic carbocycles. The van der Waals surface area contributed by atoms with Gasteiger partial charge in [0.15, 0.2) is 9.84 Å². The van der Waals surface area contributed by atoms with Crippen molar-refractivity contribution in [1.29, 1.82) is 0 Å². The van der Waals surface area contributed by atoms with Crippen molar-refractivity contribution in [2.24, 2.45) is 11.8 Å². The van der Waals surface area contributed by atoms with Crippen molar-refractivity contribution in [1.82, 2.24) is 4.90 Å². The Balaban J connectivity index is 1.39. The van der Waals surface area contributed by atoms with Crippen LogP contribution in [0.5, 0.6) is 0 Å². The van der Waals surface area contributed by atoms with Gasteiger partial charge in [-0.1, -0.05) is 0 Å². The lowest BCUT2D eigenvalue weighted by Crippen LogP contribution is -2.67. The quantitative estimate of drug-likeness (QED) is 0.786. The zero-order valence-corrected chi connectivity index (χ0v) is 15.3. The van der Waals surface area contributed by atoms with Gasteiger partial charge in [0.25, 0.3) is 0 Å². The Kier molecular flexibility index (Phi) is 4.07. The molecule has 4 nitrogen and oxygen atoms in total. The fourth-order valence-corrected chi connectivity index (χ4v) is 7.36. The fraction of sp³-hybridized carbons (Fsp3) is 0.765. The van der Waals surface area contributed by atoms with Gasteiger partial charge in [0.1, 0.15) is 4.75 Å². The minimum absolute atomic E-state index is 0.187. The van der Waals surface area contributed by atoms with Crippen LogP contribution in [-0.4, -0.2) is 50.1 Å². The number of hydrogen-bond donors (Lipinski definition) is 0. The van der Waals surface area contributed by atoms with Crippen molar-refractivity contribution >= 4 is 21.2 Å². The van der Waals surface area contributed by atoms with Gasteiger partial charge in [-0.15, -0.1) is 11.3 Å². The summed E-state index contributed by atoms with van der Waals surface area (Å²) < 4.78 is 30.6. The van der Waals surface area contributed by atoms with Crippen molar-refractivity contribution in [3.63, 3.8) is 0 Å². The number of nitrogens with zero attached hydrogens (tertiary/aromatic N) is 1. The summed E-state index contributed by atoms with van der Waals surface area (Å²) in [6.07, 6.45) is 3.34. The maximum absolute atomic E-state index is 12.6. The minimum atomic E-state index is -2.97. The highest BCUT2D eigenvalue weighted by atomic mass is 32.2. The molecule has 1 spiro atoms. The van der Waals surface area contributed by atoms with Gasteiger partial charge in [-0.25, -0.2) is 8.42 Å². The molecule has 23 heavy (non-hydrogen) atoms. The molecule has 0 bridgehead atoms. The summed E-state index contributed by atoms with van der Waals surface area (Å²) in [5.41, 5.74) is 1.31. The predicted molar refractivity (Wildman–Crippen MR) is 92.5 cm³/mol. The van der Waals surface area contributed by atoms with Crippen LogP contribution in [0, 0.1) is 18.8 Å². The Morgan fingerprint density at radius 1 is 1.30 bits per heavy atom. The molecule has 0 aromatic carbocycles. The number of thiophene rings is 1. The van der Waals surface area contributed by atoms with E-state index < -0.39 is 14.6 Å². The standard InChI is InChI=1S/C17H25NO3S2/c1-13-4-6-22-16(13)8-18-11-17(12-18)15(5-7-23(17,19)20)10-21-9-14-2-3-14/h4,6,14-15H,2-3,5,7-12H2,1H3/t15-/m1/s1. The molecule has 0 unspecified atom stereocenters. The zero-order valence-electron chi connectivity index (χ0n) is 13.7. The van der Waals surface area contributed by atoms with Crippen molar-refractivity contribution in [3.8, 4) is 0 Å². The molecule has 1 atom stereocenters. The molecule has 4 rings (SSSR count). The molecule has 2 saturated heterocycles. The Hall–Kier alpha value is -0.430. The summed E-state index contributed by atoms with van der Waals surface area (Å²) in [4.78, 5) is 3.65. The molecule has 0 radical (unpaired) electrons. The van der Waals surface area contributed by atoms with E-state index in [-0.39, 0.29) is 5.92 Å². The summed E-state index contributed by atoms with van der Waals surface area (Å²) in [5, 5.41) is 2.11. The average molecular weight is 356 g/mol. The first-order valence-corrected chi connectivity index (χ1v) is 11.1. The van der Waals surface area contributed by atoms with E-state index in [4.69, 9.17) is 4.74 Å². The van der Waals surface area contributed by atoms with E-state index >= 15 is 0 Å². The molecule has 128 valence electrons. The lowest BCUT2D eigenvalue weighted by molar-refractivity contribution is 0.0230. The molecule has 3 fully saturated rings. The highest BCUT2D eigenvalue weighted by Crippen LogP contribution is 2.45. The van der Waals surface area contributed by atoms with E-state index in [9.17, 15) is 8.42 Å². The van der Waals surface area contributed by atoms with Crippen LogP contribution in [0.2, 0.25) is 0 Å². The summed E-state index contributed by atoms with van der Waals surface area (Å²) in [6, 6.07) is 2.14. The van der Waals surface area contributed by atoms with Gasteiger partial charge in [-0.3, -0.25) is 4.90 Å². The zero-order chi connectivity index (χ0) is 16.1. The Morgan fingerprint density at radius 2 is 2.09 bits per heavy atom. The van der Waals surface area contributed by atoms with E-state index in [1.807, 2.05) is 0 Å². The van der Waals surface area contributed by atoms with E-state index in [0.29, 0.717) is 25.4 Å². The fourth-order valence-electron chi connectivity index (χ4n) is 3.96. The topological polar surface area (TPSA) is 46.6 Å². The third-order valence-corrected chi connectivity index (χ3v) is 9.40. The molecule has 0 amide bonds. The number of aryl methyl sites for hydroxylation is 1. The predicted octanol–water partition coefficient (Wildman–Crippen LogP) is 2.47. The van der Waals surface area contributed by atoms with E-state index in [1.165, 1.54) is 23.3 Å². The summed E-state index contributed by atoms with van der Waals surface area (Å²) in [5.74, 6) is 1.27. The van der Waals surface area contributed by atoms with Gasteiger partial charge in [0.2, 0.25) is 0 Å². The average Bonchev–Trinajstić information content (AvgIpc) is 3.14. The first kappa shape index (κ1) is 16.1. The van der Waals surface area contributed by atoms with Crippen LogP contribution in [-0.2, 0) is 21.1 Å². The van der Waals surface area contributed by atoms with Gasteiger partial charge in [0.05, 0.1) is 12.4 Å². The first-order valence-electron chi connectivity index (χ1n) is 8.55. The van der Waals surface area contributed by atoms with Gasteiger partial charge in [0, 0.05) is 37.0 Å². The molecule has 1 aromatic heterocycles. The number of ether oxygens (including phenoxy) is 1. The molecular formula is C17H25NO3S2. The monoisotopic (exact) mass is 355 g/mol. The van der Waals surface area contributed by atoms with Crippen LogP contribution in [0.15, 0.2) is 11.4 Å². The first-order chi connectivity index (χ1) is 11.0. The SMILES string of the molecule is Cc1ccsc1CN1CC2(C1)[C@@H](COCC1CC1)CCS2(=O)=O. The van der Waals surface area contributed by atoms with Gasteiger partial charge in [-0.2, -0.15) is 0 Å². The van der Waals surface area contributed by atoms with Crippen LogP contribution in [0.3, 0.4) is 0 Å². The molecule has 3 heterocycles. The van der Waals surface area contributed by atoms with Gasteiger partial charge >= 0.3 is 0 Å². The second-order valence-corrected chi connectivity index (χ2v) is 11.0. The van der Waals surface area contributed by atoms with E-state index in [0.717, 1.165) is 25.5 Å². The lowest BCUT2D eigenvalue weighted by atomic mass is 9.83. The smallest absolute Gasteiger partial charge is 0.158 e. The maximum atomic E-state index is 12.6. The largest absolute Gasteiger partial charge is 0.381 e. The lowest BCUT2D eigenvalue weighted by Gasteiger charge is -2.50. The van der Waals surface area contributed by atoms with Crippen molar-refractivity contribution < 1.29 is 13.2 Å². The van der Waals surface area contributed by atoms with Crippen molar-refractivity contribution in [3.05, 3.63) is 21.9 Å². The van der Waals surface area contributed by atoms with Gasteiger partial charge in [-0.05, 0) is 49.1 Å². The maximum Gasteiger partial charge on any atom is 0.158 e. The summed E-state index contributed by atoms with van der Waals surface area (Å²) >= 11 is 1.77. The number of likely N-dealkylation sites (tertiary alicyclic amines) is 1. The minimum Gasteiger partial charge on any atom is -0.381 e. The van der Waals surface area contributed by atoms with Gasteiger partial charge < -0.3 is 4.74 Å². The molecule has 2 aliphatic heterocycles. The van der Waals surface area contributed by atoms with E-state index in [1.54, 1.807) is 11.3 Å². The van der Waals surface area contributed by atoms with Crippen LogP contribution in [0.25, 0.3) is 0 Å². The Bertz CT molecular complexity index is 672. The van der Waals surface area contributed by atoms with Crippen LogP contribution in [0.4, 0.5) is 0 Å². The second kappa shape index (κ2) is 5.83. The molecule has 1 saturated carbocycles. The van der Waals surface area contributed by atoms with Crippen molar-refractivity contribution in [2.75, 3.05) is 32.1 Å². The van der Waals surface area contributed by atoms with E-state index in [2.05, 4.69) is 23.3 Å². The highest BCUT2D eigenvalue weighted by molar-refractivity contribution is 7.93. The highest BCUT2D eigenvalue weighted by Gasteiger charge is 2.61. The molecule has 0 N–H and O–H groups in total. The summed E-state index contributed by atoms with van der Waals surface area (Å²) in [7, 11) is -2.97. The summed E-state index contributed by atoms with van der Waals surface area (Å²) in [6.45, 7) is 5.83. The Labute approximate surface area is 142 Å². The normalized spacial score (nSPS) is 29.0. The van der Waals surface area contributed by atoms with Crippen LogP contribution in [0.1, 0.15) is 29.7 Å². The number of hydrogen-bond acceptors (Lipinski definition) is 5.